The van der Waals surface area contributed by atoms with Crippen LogP contribution in [-0.4, -0.2) is 29.0 Å². The van der Waals surface area contributed by atoms with Crippen molar-refractivity contribution >= 4 is 5.91 Å². The Labute approximate surface area is 90.3 Å². The first-order chi connectivity index (χ1) is 7.04. The van der Waals surface area contributed by atoms with Gasteiger partial charge < -0.3 is 10.0 Å². The molecule has 0 radical (unpaired) electrons. The highest BCUT2D eigenvalue weighted by atomic mass is 16.3. The summed E-state index contributed by atoms with van der Waals surface area (Å²) < 4.78 is 0. The Morgan fingerprint density at radius 3 is 2.27 bits per heavy atom. The van der Waals surface area contributed by atoms with Crippen molar-refractivity contribution < 1.29 is 9.90 Å². The van der Waals surface area contributed by atoms with Crippen LogP contribution in [0.1, 0.15) is 25.5 Å². The zero-order valence-electron chi connectivity index (χ0n) is 9.34. The highest BCUT2D eigenvalue weighted by molar-refractivity contribution is 5.82. The molecule has 0 aliphatic carbocycles. The summed E-state index contributed by atoms with van der Waals surface area (Å²) in [5.74, 6) is -0.267. The van der Waals surface area contributed by atoms with Crippen LogP contribution >= 0.6 is 0 Å². The summed E-state index contributed by atoms with van der Waals surface area (Å²) in [5.41, 5.74) is 0.634. The lowest BCUT2D eigenvalue weighted by Crippen LogP contribution is -2.36. The minimum atomic E-state index is -1.06. The number of benzene rings is 1. The van der Waals surface area contributed by atoms with Crippen LogP contribution in [0, 0.1) is 0 Å². The SMILES string of the molecule is CC(C)N(C)C(=O)[C@@H](O)c1ccccc1. The van der Waals surface area contributed by atoms with Crippen LogP contribution < -0.4 is 0 Å². The van der Waals surface area contributed by atoms with E-state index in [0.717, 1.165) is 0 Å². The van der Waals surface area contributed by atoms with E-state index in [2.05, 4.69) is 0 Å². The van der Waals surface area contributed by atoms with E-state index in [1.165, 1.54) is 4.90 Å². The molecular weight excluding hydrogens is 190 g/mol. The van der Waals surface area contributed by atoms with Gasteiger partial charge in [-0.25, -0.2) is 0 Å². The highest BCUT2D eigenvalue weighted by Gasteiger charge is 2.22. The van der Waals surface area contributed by atoms with Gasteiger partial charge >= 0.3 is 0 Å². The third kappa shape index (κ3) is 2.80. The molecule has 82 valence electrons. The predicted molar refractivity (Wildman–Crippen MR) is 59.3 cm³/mol. The molecule has 0 spiro atoms. The number of rotatable bonds is 3. The minimum Gasteiger partial charge on any atom is -0.378 e. The topological polar surface area (TPSA) is 40.5 Å². The quantitative estimate of drug-likeness (QED) is 0.817. The standard InChI is InChI=1S/C12H17NO2/c1-9(2)13(3)12(15)11(14)10-7-5-4-6-8-10/h4-9,11,14H,1-3H3/t11-/m0/s1. The van der Waals surface area contributed by atoms with Crippen LogP contribution in [-0.2, 0) is 4.79 Å². The van der Waals surface area contributed by atoms with E-state index in [1.807, 2.05) is 19.9 Å². The first-order valence-electron chi connectivity index (χ1n) is 5.03. The highest BCUT2D eigenvalue weighted by Crippen LogP contribution is 2.15. The first-order valence-corrected chi connectivity index (χ1v) is 5.03. The Kier molecular flexibility index (Phi) is 3.86. The molecule has 0 aliphatic heterocycles. The van der Waals surface area contributed by atoms with Gasteiger partial charge in [-0.15, -0.1) is 0 Å². The maximum atomic E-state index is 11.8. The van der Waals surface area contributed by atoms with Crippen molar-refractivity contribution in [3.05, 3.63) is 35.9 Å². The van der Waals surface area contributed by atoms with Gasteiger partial charge in [-0.05, 0) is 19.4 Å². The number of carbonyl (C=O) groups excluding carboxylic acids is 1. The summed E-state index contributed by atoms with van der Waals surface area (Å²) in [5, 5.41) is 9.82. The molecule has 0 unspecified atom stereocenters. The summed E-state index contributed by atoms with van der Waals surface area (Å²) in [6.07, 6.45) is -1.06. The minimum absolute atomic E-state index is 0.0934. The zero-order chi connectivity index (χ0) is 11.4. The van der Waals surface area contributed by atoms with E-state index in [9.17, 15) is 9.90 Å². The fraction of sp³-hybridized carbons (Fsp3) is 0.417. The van der Waals surface area contributed by atoms with Gasteiger partial charge in [-0.3, -0.25) is 4.79 Å². The maximum absolute atomic E-state index is 11.8. The molecule has 1 amide bonds. The Morgan fingerprint density at radius 1 is 1.27 bits per heavy atom. The predicted octanol–water partition coefficient (Wildman–Crippen LogP) is 1.59. The van der Waals surface area contributed by atoms with Gasteiger partial charge in [0.2, 0.25) is 0 Å². The Balaban J connectivity index is 2.78. The summed E-state index contributed by atoms with van der Waals surface area (Å²) in [4.78, 5) is 13.3. The molecule has 1 aromatic carbocycles. The molecule has 0 aliphatic rings. The lowest BCUT2D eigenvalue weighted by Gasteiger charge is -2.24. The van der Waals surface area contributed by atoms with E-state index in [4.69, 9.17) is 0 Å². The number of hydrogen-bond acceptors (Lipinski definition) is 2. The third-order valence-corrected chi connectivity index (χ3v) is 2.47. The molecule has 1 aromatic rings. The van der Waals surface area contributed by atoms with Crippen LogP contribution in [0.4, 0.5) is 0 Å². The molecule has 0 saturated carbocycles. The molecule has 0 heterocycles. The van der Waals surface area contributed by atoms with E-state index >= 15 is 0 Å². The number of nitrogens with zero attached hydrogens (tertiary/aromatic N) is 1. The summed E-state index contributed by atoms with van der Waals surface area (Å²) in [7, 11) is 1.69. The Morgan fingerprint density at radius 2 is 1.80 bits per heavy atom. The molecule has 1 N–H and O–H groups in total. The summed E-state index contributed by atoms with van der Waals surface area (Å²) >= 11 is 0. The number of amides is 1. The second-order valence-electron chi connectivity index (χ2n) is 3.86. The van der Waals surface area contributed by atoms with E-state index in [0.29, 0.717) is 5.56 Å². The van der Waals surface area contributed by atoms with Gasteiger partial charge in [0.1, 0.15) is 0 Å². The van der Waals surface area contributed by atoms with Crippen molar-refractivity contribution in [2.75, 3.05) is 7.05 Å². The van der Waals surface area contributed by atoms with Gasteiger partial charge in [0.25, 0.3) is 5.91 Å². The van der Waals surface area contributed by atoms with E-state index in [1.54, 1.807) is 31.3 Å². The van der Waals surface area contributed by atoms with Crippen LogP contribution in [0.2, 0.25) is 0 Å². The van der Waals surface area contributed by atoms with Crippen molar-refractivity contribution in [1.29, 1.82) is 0 Å². The van der Waals surface area contributed by atoms with Crippen molar-refractivity contribution in [2.24, 2.45) is 0 Å². The molecule has 1 atom stereocenters. The second-order valence-corrected chi connectivity index (χ2v) is 3.86. The van der Waals surface area contributed by atoms with Crippen molar-refractivity contribution in [3.8, 4) is 0 Å². The fourth-order valence-corrected chi connectivity index (χ4v) is 1.23. The fourth-order valence-electron chi connectivity index (χ4n) is 1.23. The third-order valence-electron chi connectivity index (χ3n) is 2.47. The number of carbonyl (C=O) groups is 1. The Hall–Kier alpha value is -1.35. The molecule has 0 bridgehead atoms. The molecular formula is C12H17NO2. The Bertz CT molecular complexity index is 322. The molecule has 1 rings (SSSR count). The zero-order valence-corrected chi connectivity index (χ0v) is 9.34. The summed E-state index contributed by atoms with van der Waals surface area (Å²) in [6.45, 7) is 3.82. The van der Waals surface area contributed by atoms with Gasteiger partial charge in [-0.1, -0.05) is 30.3 Å². The monoisotopic (exact) mass is 207 g/mol. The normalized spacial score (nSPS) is 12.6. The number of likely N-dealkylation sites (N-methyl/N-ethyl adjacent to an activating group) is 1. The molecule has 0 aromatic heterocycles. The van der Waals surface area contributed by atoms with Gasteiger partial charge in [-0.2, -0.15) is 0 Å². The molecule has 0 saturated heterocycles. The lowest BCUT2D eigenvalue weighted by atomic mass is 10.1. The molecule has 3 heteroatoms. The molecule has 3 nitrogen and oxygen atoms in total. The lowest BCUT2D eigenvalue weighted by molar-refractivity contribution is -0.140. The van der Waals surface area contributed by atoms with Gasteiger partial charge in [0.05, 0.1) is 0 Å². The largest absolute Gasteiger partial charge is 0.378 e. The van der Waals surface area contributed by atoms with Crippen LogP contribution in [0.25, 0.3) is 0 Å². The van der Waals surface area contributed by atoms with Crippen LogP contribution in [0.5, 0.6) is 0 Å². The number of aliphatic hydroxyl groups is 1. The van der Waals surface area contributed by atoms with E-state index < -0.39 is 6.10 Å². The number of hydrogen-bond donors (Lipinski definition) is 1. The number of aliphatic hydroxyl groups excluding tert-OH is 1. The maximum Gasteiger partial charge on any atom is 0.256 e. The van der Waals surface area contributed by atoms with Crippen LogP contribution in [0.15, 0.2) is 30.3 Å². The molecule has 15 heavy (non-hydrogen) atoms. The average molecular weight is 207 g/mol. The first kappa shape index (κ1) is 11.7. The van der Waals surface area contributed by atoms with Crippen molar-refractivity contribution in [2.45, 2.75) is 26.0 Å². The van der Waals surface area contributed by atoms with Gasteiger partial charge in [0.15, 0.2) is 6.10 Å². The van der Waals surface area contributed by atoms with Gasteiger partial charge in [0, 0.05) is 13.1 Å². The van der Waals surface area contributed by atoms with Crippen molar-refractivity contribution in [1.82, 2.24) is 4.90 Å². The second kappa shape index (κ2) is 4.94. The van der Waals surface area contributed by atoms with Crippen LogP contribution in [0.3, 0.4) is 0 Å². The average Bonchev–Trinajstić information content (AvgIpc) is 2.27. The molecule has 0 fully saturated rings. The van der Waals surface area contributed by atoms with E-state index in [-0.39, 0.29) is 11.9 Å². The smallest absolute Gasteiger partial charge is 0.256 e. The van der Waals surface area contributed by atoms with Crippen molar-refractivity contribution in [3.63, 3.8) is 0 Å². The summed E-state index contributed by atoms with van der Waals surface area (Å²) in [6, 6.07) is 9.05.